The first kappa shape index (κ1) is 11.0. The molecule has 4 heteroatoms. The lowest BCUT2D eigenvalue weighted by atomic mass is 10.3. The van der Waals surface area contributed by atoms with Gasteiger partial charge in [-0.05, 0) is 24.3 Å². The molecule has 72 valence electrons. The number of rotatable bonds is 3. The third-order valence-electron chi connectivity index (χ3n) is 1.20. The van der Waals surface area contributed by atoms with Crippen LogP contribution in [0.25, 0.3) is 0 Å². The van der Waals surface area contributed by atoms with Crippen LogP contribution in [-0.2, 0) is 0 Å². The van der Waals surface area contributed by atoms with E-state index in [1.54, 1.807) is 11.5 Å². The van der Waals surface area contributed by atoms with Crippen LogP contribution in [0.5, 0.6) is 5.75 Å². The van der Waals surface area contributed by atoms with Crippen molar-refractivity contribution < 1.29 is 4.18 Å². The highest BCUT2D eigenvalue weighted by Crippen LogP contribution is 2.25. The summed E-state index contributed by atoms with van der Waals surface area (Å²) in [6, 6.07) is 7.44. The highest BCUT2D eigenvalue weighted by Gasteiger charge is 2.16. The third-order valence-corrected chi connectivity index (χ3v) is 3.98. The van der Waals surface area contributed by atoms with Crippen molar-refractivity contribution in [3.05, 3.63) is 29.3 Å². The van der Waals surface area contributed by atoms with Crippen LogP contribution in [0, 0.1) is 0 Å². The van der Waals surface area contributed by atoms with Gasteiger partial charge in [0.05, 0.1) is 0 Å². The summed E-state index contributed by atoms with van der Waals surface area (Å²) in [5.41, 5.74) is 0. The molecule has 13 heavy (non-hydrogen) atoms. The van der Waals surface area contributed by atoms with Gasteiger partial charge in [0.2, 0.25) is 0 Å². The second-order valence-corrected chi connectivity index (χ2v) is 12.9. The average molecular weight is 233 g/mol. The fraction of sp³-hybridized carbons (Fsp3) is 0.333. The molecule has 0 aliphatic rings. The van der Waals surface area contributed by atoms with Crippen molar-refractivity contribution in [2.75, 3.05) is 0 Å². The first-order chi connectivity index (χ1) is 5.97. The number of benzene rings is 1. The van der Waals surface area contributed by atoms with E-state index in [1.165, 1.54) is 0 Å². The zero-order valence-electron chi connectivity index (χ0n) is 8.00. The maximum absolute atomic E-state index is 5.75. The Balaban J connectivity index is 2.51. The molecule has 0 bridgehead atoms. The first-order valence-electron chi connectivity index (χ1n) is 4.09. The lowest BCUT2D eigenvalue weighted by molar-refractivity contribution is 0.654. The van der Waals surface area contributed by atoms with Gasteiger partial charge in [-0.15, -0.1) is 0 Å². The Kier molecular flexibility index (Phi) is 3.70. The van der Waals surface area contributed by atoms with E-state index in [-0.39, 0.29) is 0 Å². The van der Waals surface area contributed by atoms with Gasteiger partial charge in [-0.1, -0.05) is 31.2 Å². The Bertz CT molecular complexity index is 268. The molecule has 1 aromatic rings. The largest absolute Gasteiger partial charge is 0.433 e. The smallest absolute Gasteiger partial charge is 0.160 e. The Hall–Kier alpha value is -0.123. The van der Waals surface area contributed by atoms with Crippen molar-refractivity contribution in [2.45, 2.75) is 19.6 Å². The van der Waals surface area contributed by atoms with Gasteiger partial charge in [0, 0.05) is 16.5 Å². The lowest BCUT2D eigenvalue weighted by Crippen LogP contribution is -2.15. The van der Waals surface area contributed by atoms with E-state index in [9.17, 15) is 0 Å². The Labute approximate surface area is 89.3 Å². The SMILES string of the molecule is C[Si](C)(C)SOc1ccc(Cl)cc1. The van der Waals surface area contributed by atoms with Crippen LogP contribution >= 0.6 is 23.1 Å². The zero-order chi connectivity index (χ0) is 9.90. The van der Waals surface area contributed by atoms with E-state index in [4.69, 9.17) is 15.8 Å². The van der Waals surface area contributed by atoms with Gasteiger partial charge in [0.15, 0.2) is 7.22 Å². The molecule has 0 saturated heterocycles. The Morgan fingerprint density at radius 2 is 1.69 bits per heavy atom. The molecule has 0 unspecified atom stereocenters. The van der Waals surface area contributed by atoms with E-state index in [0.717, 1.165) is 10.8 Å². The van der Waals surface area contributed by atoms with Crippen molar-refractivity contribution in [1.82, 2.24) is 0 Å². The summed E-state index contributed by atoms with van der Waals surface area (Å²) >= 11 is 7.34. The van der Waals surface area contributed by atoms with Gasteiger partial charge >= 0.3 is 0 Å². The standard InChI is InChI=1S/C9H13ClOSSi/c1-13(2,3)12-11-9-6-4-8(10)5-7-9/h4-7H,1-3H3. The molecule has 0 radical (unpaired) electrons. The predicted molar refractivity (Wildman–Crippen MR) is 63.0 cm³/mol. The molecule has 0 heterocycles. The monoisotopic (exact) mass is 232 g/mol. The van der Waals surface area contributed by atoms with Gasteiger partial charge in [0.25, 0.3) is 0 Å². The minimum atomic E-state index is -1.19. The summed E-state index contributed by atoms with van der Waals surface area (Å²) in [6.07, 6.45) is 0. The topological polar surface area (TPSA) is 9.23 Å². The molecule has 1 nitrogen and oxygen atoms in total. The van der Waals surface area contributed by atoms with Crippen molar-refractivity contribution in [3.8, 4) is 5.75 Å². The quantitative estimate of drug-likeness (QED) is 0.571. The van der Waals surface area contributed by atoms with Crippen molar-refractivity contribution >= 4 is 30.3 Å². The molecule has 0 spiro atoms. The van der Waals surface area contributed by atoms with E-state index in [2.05, 4.69) is 19.6 Å². The fourth-order valence-corrected chi connectivity index (χ4v) is 2.29. The van der Waals surface area contributed by atoms with Gasteiger partial charge in [-0.2, -0.15) is 0 Å². The Morgan fingerprint density at radius 3 is 2.15 bits per heavy atom. The molecule has 0 N–H and O–H groups in total. The molecular formula is C9H13ClOSSi. The highest BCUT2D eigenvalue weighted by atomic mass is 35.5. The molecule has 0 amide bonds. The molecule has 0 aromatic heterocycles. The Morgan fingerprint density at radius 1 is 1.15 bits per heavy atom. The molecule has 0 aliphatic carbocycles. The van der Waals surface area contributed by atoms with Crippen LogP contribution in [0.4, 0.5) is 0 Å². The number of halogens is 1. The van der Waals surface area contributed by atoms with Gasteiger partial charge in [0.1, 0.15) is 5.75 Å². The molecule has 0 fully saturated rings. The number of hydrogen-bond acceptors (Lipinski definition) is 2. The molecule has 1 aromatic carbocycles. The zero-order valence-corrected chi connectivity index (χ0v) is 10.6. The first-order valence-corrected chi connectivity index (χ1v) is 9.43. The lowest BCUT2D eigenvalue weighted by Gasteiger charge is -2.14. The van der Waals surface area contributed by atoms with Crippen molar-refractivity contribution in [2.24, 2.45) is 0 Å². The predicted octanol–water partition coefficient (Wildman–Crippen LogP) is 4.20. The van der Waals surface area contributed by atoms with Gasteiger partial charge in [-0.3, -0.25) is 0 Å². The molecule has 0 atom stereocenters. The third kappa shape index (κ3) is 4.60. The molecule has 1 rings (SSSR count). The van der Waals surface area contributed by atoms with Crippen molar-refractivity contribution in [3.63, 3.8) is 0 Å². The summed E-state index contributed by atoms with van der Waals surface area (Å²) < 4.78 is 5.55. The van der Waals surface area contributed by atoms with Gasteiger partial charge in [-0.25, -0.2) is 0 Å². The summed E-state index contributed by atoms with van der Waals surface area (Å²) in [4.78, 5) is 0. The maximum atomic E-state index is 5.75. The molecule has 0 aliphatic heterocycles. The normalized spacial score (nSPS) is 11.4. The minimum absolute atomic E-state index is 0.741. The maximum Gasteiger partial charge on any atom is 0.160 e. The minimum Gasteiger partial charge on any atom is -0.433 e. The van der Waals surface area contributed by atoms with Crippen LogP contribution in [0.1, 0.15) is 0 Å². The van der Waals surface area contributed by atoms with E-state index >= 15 is 0 Å². The van der Waals surface area contributed by atoms with Crippen LogP contribution < -0.4 is 4.18 Å². The average Bonchev–Trinajstić information content (AvgIpc) is 2.02. The van der Waals surface area contributed by atoms with Crippen molar-refractivity contribution in [1.29, 1.82) is 0 Å². The molecule has 0 saturated carbocycles. The number of hydrogen-bond donors (Lipinski definition) is 0. The summed E-state index contributed by atoms with van der Waals surface area (Å²) in [7, 11) is -1.19. The second kappa shape index (κ2) is 4.40. The second-order valence-electron chi connectivity index (χ2n) is 3.73. The highest BCUT2D eigenvalue weighted by molar-refractivity contribution is 8.25. The van der Waals surface area contributed by atoms with E-state index < -0.39 is 7.22 Å². The van der Waals surface area contributed by atoms with Crippen LogP contribution in [0.2, 0.25) is 24.7 Å². The summed E-state index contributed by atoms with van der Waals surface area (Å²) in [5.74, 6) is 0.872. The van der Waals surface area contributed by atoms with E-state index in [0.29, 0.717) is 0 Å². The fourth-order valence-electron chi connectivity index (χ4n) is 0.663. The molecular weight excluding hydrogens is 220 g/mol. The van der Waals surface area contributed by atoms with E-state index in [1.807, 2.05) is 24.3 Å². The van der Waals surface area contributed by atoms with Gasteiger partial charge < -0.3 is 4.18 Å². The van der Waals surface area contributed by atoms with Crippen LogP contribution in [-0.4, -0.2) is 7.22 Å². The van der Waals surface area contributed by atoms with Crippen LogP contribution in [0.15, 0.2) is 24.3 Å². The summed E-state index contributed by atoms with van der Waals surface area (Å²) in [5, 5.41) is 0.741. The summed E-state index contributed by atoms with van der Waals surface area (Å²) in [6.45, 7) is 6.73. The van der Waals surface area contributed by atoms with Crippen LogP contribution in [0.3, 0.4) is 0 Å².